The summed E-state index contributed by atoms with van der Waals surface area (Å²) in [5, 5.41) is 12.7. The van der Waals surface area contributed by atoms with E-state index >= 15 is 0 Å². The first kappa shape index (κ1) is 15.2. The third-order valence-corrected chi connectivity index (χ3v) is 3.37. The molecule has 0 saturated heterocycles. The van der Waals surface area contributed by atoms with Crippen molar-refractivity contribution in [1.82, 2.24) is 5.32 Å². The summed E-state index contributed by atoms with van der Waals surface area (Å²) in [6.45, 7) is 13.8. The van der Waals surface area contributed by atoms with Gasteiger partial charge >= 0.3 is 0 Å². The van der Waals surface area contributed by atoms with Gasteiger partial charge in [0.25, 0.3) is 0 Å². The zero-order chi connectivity index (χ0) is 14.0. The Labute approximate surface area is 111 Å². The summed E-state index contributed by atoms with van der Waals surface area (Å²) in [6, 6.07) is 6.66. The van der Waals surface area contributed by atoms with Crippen LogP contribution in [0.25, 0.3) is 0 Å². The lowest BCUT2D eigenvalue weighted by Gasteiger charge is -2.25. The number of rotatable bonds is 4. The van der Waals surface area contributed by atoms with E-state index in [1.54, 1.807) is 0 Å². The van der Waals surface area contributed by atoms with Crippen molar-refractivity contribution in [2.45, 2.75) is 59.0 Å². The predicted octanol–water partition coefficient (Wildman–Crippen LogP) is 3.15. The topological polar surface area (TPSA) is 32.3 Å². The van der Waals surface area contributed by atoms with Gasteiger partial charge in [-0.3, -0.25) is 0 Å². The summed E-state index contributed by atoms with van der Waals surface area (Å²) in [4.78, 5) is 0. The second kappa shape index (κ2) is 5.41. The maximum atomic E-state index is 9.26. The molecule has 2 nitrogen and oxygen atoms in total. The van der Waals surface area contributed by atoms with Crippen molar-refractivity contribution < 1.29 is 5.11 Å². The van der Waals surface area contributed by atoms with Crippen LogP contribution >= 0.6 is 0 Å². The molecule has 2 heteroatoms. The Morgan fingerprint density at radius 1 is 1.11 bits per heavy atom. The Hall–Kier alpha value is -0.860. The summed E-state index contributed by atoms with van der Waals surface area (Å²) in [5.74, 6) is 0. The monoisotopic (exact) mass is 249 g/mol. The second-order valence-electron chi connectivity index (χ2n) is 6.79. The quantitative estimate of drug-likeness (QED) is 0.859. The Kier molecular flexibility index (Phi) is 4.57. The molecule has 0 aromatic heterocycles. The summed E-state index contributed by atoms with van der Waals surface area (Å²) in [7, 11) is 0. The van der Waals surface area contributed by atoms with Gasteiger partial charge in [-0.05, 0) is 42.9 Å². The molecular weight excluding hydrogens is 222 g/mol. The molecule has 1 rings (SSSR count). The summed E-state index contributed by atoms with van der Waals surface area (Å²) in [6.07, 6.45) is 0. The Balaban J connectivity index is 2.89. The normalized spacial score (nSPS) is 12.8. The molecular formula is C16H27NO. The van der Waals surface area contributed by atoms with Crippen molar-refractivity contribution in [3.05, 3.63) is 34.9 Å². The van der Waals surface area contributed by atoms with E-state index in [0.29, 0.717) is 0 Å². The highest BCUT2D eigenvalue weighted by Gasteiger charge is 2.17. The van der Waals surface area contributed by atoms with Crippen molar-refractivity contribution in [2.75, 3.05) is 6.61 Å². The van der Waals surface area contributed by atoms with Gasteiger partial charge in [-0.2, -0.15) is 0 Å². The van der Waals surface area contributed by atoms with Crippen LogP contribution < -0.4 is 5.32 Å². The average Bonchev–Trinajstić information content (AvgIpc) is 2.26. The van der Waals surface area contributed by atoms with E-state index in [1.807, 2.05) is 13.8 Å². The minimum atomic E-state index is -0.232. The average molecular weight is 249 g/mol. The number of hydrogen-bond acceptors (Lipinski definition) is 2. The van der Waals surface area contributed by atoms with Crippen molar-refractivity contribution in [1.29, 1.82) is 0 Å². The zero-order valence-corrected chi connectivity index (χ0v) is 12.6. The molecule has 2 N–H and O–H groups in total. The summed E-state index contributed by atoms with van der Waals surface area (Å²) >= 11 is 0. The standard InChI is InChI=1S/C16H27NO/c1-12-7-8-14(15(2,3)4)9-13(12)10-17-16(5,6)11-18/h7-9,17-18H,10-11H2,1-6H3. The van der Waals surface area contributed by atoms with Crippen LogP contribution in [-0.4, -0.2) is 17.3 Å². The summed E-state index contributed by atoms with van der Waals surface area (Å²) < 4.78 is 0. The molecule has 0 aliphatic heterocycles. The minimum Gasteiger partial charge on any atom is -0.394 e. The fourth-order valence-corrected chi connectivity index (χ4v) is 1.72. The SMILES string of the molecule is Cc1ccc(C(C)(C)C)cc1CNC(C)(C)CO. The largest absolute Gasteiger partial charge is 0.394 e. The highest BCUT2D eigenvalue weighted by molar-refractivity contribution is 5.34. The van der Waals surface area contributed by atoms with Crippen LogP contribution in [0.2, 0.25) is 0 Å². The molecule has 0 aliphatic carbocycles. The Morgan fingerprint density at radius 2 is 1.72 bits per heavy atom. The van der Waals surface area contributed by atoms with Gasteiger partial charge in [0, 0.05) is 12.1 Å². The van der Waals surface area contributed by atoms with Crippen LogP contribution in [0.3, 0.4) is 0 Å². The van der Waals surface area contributed by atoms with E-state index in [0.717, 1.165) is 6.54 Å². The second-order valence-corrected chi connectivity index (χ2v) is 6.79. The minimum absolute atomic E-state index is 0.144. The predicted molar refractivity (Wildman–Crippen MR) is 77.9 cm³/mol. The molecule has 1 aromatic carbocycles. The van der Waals surface area contributed by atoms with Crippen LogP contribution in [-0.2, 0) is 12.0 Å². The molecule has 0 radical (unpaired) electrons. The number of nitrogens with one attached hydrogen (secondary N) is 1. The molecule has 0 aliphatic rings. The van der Waals surface area contributed by atoms with Crippen molar-refractivity contribution in [3.8, 4) is 0 Å². The highest BCUT2D eigenvalue weighted by atomic mass is 16.3. The zero-order valence-electron chi connectivity index (χ0n) is 12.6. The number of aliphatic hydroxyl groups is 1. The lowest BCUT2D eigenvalue weighted by Crippen LogP contribution is -2.42. The van der Waals surface area contributed by atoms with Crippen molar-refractivity contribution in [2.24, 2.45) is 0 Å². The van der Waals surface area contributed by atoms with Gasteiger partial charge in [0.15, 0.2) is 0 Å². The van der Waals surface area contributed by atoms with Crippen molar-refractivity contribution >= 4 is 0 Å². The highest BCUT2D eigenvalue weighted by Crippen LogP contribution is 2.24. The van der Waals surface area contributed by atoms with E-state index in [9.17, 15) is 5.11 Å². The smallest absolute Gasteiger partial charge is 0.0607 e. The van der Waals surface area contributed by atoms with Gasteiger partial charge < -0.3 is 10.4 Å². The van der Waals surface area contributed by atoms with E-state index in [4.69, 9.17) is 0 Å². The Morgan fingerprint density at radius 3 is 2.22 bits per heavy atom. The van der Waals surface area contributed by atoms with Crippen LogP contribution in [0.4, 0.5) is 0 Å². The summed E-state index contributed by atoms with van der Waals surface area (Å²) in [5.41, 5.74) is 3.90. The van der Waals surface area contributed by atoms with E-state index < -0.39 is 0 Å². The van der Waals surface area contributed by atoms with Gasteiger partial charge in [0.1, 0.15) is 0 Å². The molecule has 0 unspecified atom stereocenters. The van der Waals surface area contributed by atoms with E-state index in [-0.39, 0.29) is 17.6 Å². The maximum Gasteiger partial charge on any atom is 0.0607 e. The van der Waals surface area contributed by atoms with Gasteiger partial charge in [0.2, 0.25) is 0 Å². The van der Waals surface area contributed by atoms with Gasteiger partial charge in [0.05, 0.1) is 6.61 Å². The van der Waals surface area contributed by atoms with E-state index in [1.165, 1.54) is 16.7 Å². The fraction of sp³-hybridized carbons (Fsp3) is 0.625. The van der Waals surface area contributed by atoms with Gasteiger partial charge in [-0.25, -0.2) is 0 Å². The van der Waals surface area contributed by atoms with Crippen LogP contribution in [0.1, 0.15) is 51.3 Å². The fourth-order valence-electron chi connectivity index (χ4n) is 1.72. The number of aliphatic hydroxyl groups excluding tert-OH is 1. The molecule has 0 spiro atoms. The molecule has 18 heavy (non-hydrogen) atoms. The number of aryl methyl sites for hydroxylation is 1. The number of benzene rings is 1. The lowest BCUT2D eigenvalue weighted by molar-refractivity contribution is 0.187. The maximum absolute atomic E-state index is 9.26. The first-order valence-electron chi connectivity index (χ1n) is 6.61. The molecule has 102 valence electrons. The molecule has 0 saturated carbocycles. The van der Waals surface area contributed by atoms with Crippen LogP contribution in [0.5, 0.6) is 0 Å². The van der Waals surface area contributed by atoms with Crippen molar-refractivity contribution in [3.63, 3.8) is 0 Å². The molecule has 0 bridgehead atoms. The third-order valence-electron chi connectivity index (χ3n) is 3.37. The van der Waals surface area contributed by atoms with E-state index in [2.05, 4.69) is 51.2 Å². The first-order chi connectivity index (χ1) is 8.15. The molecule has 0 heterocycles. The van der Waals surface area contributed by atoms with Gasteiger partial charge in [-0.1, -0.05) is 39.0 Å². The molecule has 0 atom stereocenters. The first-order valence-corrected chi connectivity index (χ1v) is 6.61. The van der Waals surface area contributed by atoms with Crippen LogP contribution in [0.15, 0.2) is 18.2 Å². The third kappa shape index (κ3) is 4.11. The molecule has 1 aromatic rings. The lowest BCUT2D eigenvalue weighted by atomic mass is 9.85. The van der Waals surface area contributed by atoms with Gasteiger partial charge in [-0.15, -0.1) is 0 Å². The van der Waals surface area contributed by atoms with Crippen LogP contribution in [0, 0.1) is 6.92 Å². The molecule has 0 amide bonds. The Bertz CT molecular complexity index is 402. The molecule has 0 fully saturated rings. The number of hydrogen-bond donors (Lipinski definition) is 2.